The van der Waals surface area contributed by atoms with Crippen molar-refractivity contribution in [2.24, 2.45) is 0 Å². The van der Waals surface area contributed by atoms with Gasteiger partial charge in [0.2, 0.25) is 0 Å². The van der Waals surface area contributed by atoms with Crippen molar-refractivity contribution in [3.05, 3.63) is 11.3 Å². The van der Waals surface area contributed by atoms with Crippen LogP contribution in [-0.4, -0.2) is 47.6 Å². The molecule has 0 spiro atoms. The first kappa shape index (κ1) is 12.0. The normalized spacial score (nSPS) is 16.8. The number of piperazine rings is 1. The molecular formula is C11H14ClN5. The quantitative estimate of drug-likeness (QED) is 0.775. The van der Waals surface area contributed by atoms with Crippen LogP contribution >= 0.6 is 11.6 Å². The highest BCUT2D eigenvalue weighted by Gasteiger charge is 2.20. The van der Waals surface area contributed by atoms with E-state index < -0.39 is 0 Å². The Labute approximate surface area is 106 Å². The van der Waals surface area contributed by atoms with Gasteiger partial charge < -0.3 is 10.6 Å². The van der Waals surface area contributed by atoms with Crippen LogP contribution in [0, 0.1) is 12.3 Å². The number of halogens is 1. The summed E-state index contributed by atoms with van der Waals surface area (Å²) in [5.41, 5.74) is 5.66. The number of aromatic nitrogens is 2. The molecule has 0 aromatic carbocycles. The molecule has 90 valence electrons. The van der Waals surface area contributed by atoms with Crippen LogP contribution in [-0.2, 0) is 0 Å². The first-order chi connectivity index (χ1) is 8.22. The van der Waals surface area contributed by atoms with Gasteiger partial charge in [-0.3, -0.25) is 4.90 Å². The van der Waals surface area contributed by atoms with Crippen LogP contribution < -0.4 is 10.6 Å². The largest absolute Gasteiger partial charge is 0.382 e. The van der Waals surface area contributed by atoms with Crippen LogP contribution in [0.2, 0.25) is 5.02 Å². The second-order valence-electron chi connectivity index (χ2n) is 3.86. The van der Waals surface area contributed by atoms with Crippen LogP contribution in [0.25, 0.3) is 0 Å². The lowest BCUT2D eigenvalue weighted by atomic mass is 10.3. The summed E-state index contributed by atoms with van der Waals surface area (Å²) in [5.74, 6) is 3.68. The van der Waals surface area contributed by atoms with Crippen molar-refractivity contribution >= 4 is 23.2 Å². The summed E-state index contributed by atoms with van der Waals surface area (Å²) < 4.78 is 0. The van der Waals surface area contributed by atoms with E-state index in [0.717, 1.165) is 26.2 Å². The molecule has 2 N–H and O–H groups in total. The fourth-order valence-corrected chi connectivity index (χ4v) is 2.06. The zero-order valence-corrected chi connectivity index (χ0v) is 10.2. The summed E-state index contributed by atoms with van der Waals surface area (Å²) in [4.78, 5) is 12.3. The molecule has 1 aromatic heterocycles. The fourth-order valence-electron chi connectivity index (χ4n) is 1.84. The number of rotatable bonds is 2. The predicted octanol–water partition coefficient (Wildman–Crippen LogP) is 0.467. The molecule has 1 saturated heterocycles. The SMILES string of the molecule is C#CCN1CCN(c2ncnc(N)c2Cl)CC1. The summed E-state index contributed by atoms with van der Waals surface area (Å²) in [6.45, 7) is 4.19. The average Bonchev–Trinajstić information content (AvgIpc) is 2.34. The number of terminal acetylenes is 1. The van der Waals surface area contributed by atoms with Gasteiger partial charge in [0.25, 0.3) is 0 Å². The van der Waals surface area contributed by atoms with E-state index in [1.165, 1.54) is 6.33 Å². The van der Waals surface area contributed by atoms with Crippen LogP contribution in [0.4, 0.5) is 11.6 Å². The molecule has 0 aliphatic carbocycles. The Morgan fingerprint density at radius 2 is 2.06 bits per heavy atom. The monoisotopic (exact) mass is 251 g/mol. The van der Waals surface area contributed by atoms with Crippen LogP contribution in [0.5, 0.6) is 0 Å². The maximum atomic E-state index is 6.09. The fraction of sp³-hybridized carbons (Fsp3) is 0.455. The van der Waals surface area contributed by atoms with Crippen molar-refractivity contribution in [2.45, 2.75) is 0 Å². The summed E-state index contributed by atoms with van der Waals surface area (Å²) in [6.07, 6.45) is 6.72. The molecular weight excluding hydrogens is 238 g/mol. The van der Waals surface area contributed by atoms with Crippen LogP contribution in [0.3, 0.4) is 0 Å². The Hall–Kier alpha value is -1.51. The van der Waals surface area contributed by atoms with Gasteiger partial charge in [-0.25, -0.2) is 9.97 Å². The van der Waals surface area contributed by atoms with Crippen molar-refractivity contribution in [2.75, 3.05) is 43.4 Å². The second-order valence-corrected chi connectivity index (χ2v) is 4.24. The minimum Gasteiger partial charge on any atom is -0.382 e. The molecule has 2 rings (SSSR count). The molecule has 1 fully saturated rings. The Balaban J connectivity index is 2.06. The minimum atomic E-state index is 0.322. The van der Waals surface area contributed by atoms with Crippen molar-refractivity contribution in [3.63, 3.8) is 0 Å². The number of nitrogens with zero attached hydrogens (tertiary/aromatic N) is 4. The topological polar surface area (TPSA) is 58.3 Å². The van der Waals surface area contributed by atoms with E-state index in [9.17, 15) is 0 Å². The zero-order valence-electron chi connectivity index (χ0n) is 9.43. The molecule has 0 unspecified atom stereocenters. The molecule has 0 amide bonds. The summed E-state index contributed by atoms with van der Waals surface area (Å²) in [5, 5.41) is 0.429. The Morgan fingerprint density at radius 1 is 1.35 bits per heavy atom. The Morgan fingerprint density at radius 3 is 2.71 bits per heavy atom. The Bertz CT molecular complexity index is 434. The molecule has 6 heteroatoms. The smallest absolute Gasteiger partial charge is 0.153 e. The highest BCUT2D eigenvalue weighted by atomic mass is 35.5. The minimum absolute atomic E-state index is 0.322. The molecule has 1 aliphatic heterocycles. The van der Waals surface area contributed by atoms with Gasteiger partial charge in [0.05, 0.1) is 6.54 Å². The third-order valence-electron chi connectivity index (χ3n) is 2.78. The second kappa shape index (κ2) is 5.21. The van der Waals surface area contributed by atoms with E-state index in [-0.39, 0.29) is 0 Å². The molecule has 17 heavy (non-hydrogen) atoms. The molecule has 2 heterocycles. The van der Waals surface area contributed by atoms with E-state index in [4.69, 9.17) is 23.8 Å². The van der Waals surface area contributed by atoms with E-state index in [2.05, 4.69) is 25.7 Å². The van der Waals surface area contributed by atoms with Gasteiger partial charge >= 0.3 is 0 Å². The van der Waals surface area contributed by atoms with Crippen molar-refractivity contribution in [3.8, 4) is 12.3 Å². The van der Waals surface area contributed by atoms with Gasteiger partial charge in [-0.1, -0.05) is 17.5 Å². The standard InChI is InChI=1S/C11H14ClN5/c1-2-3-16-4-6-17(7-5-16)11-9(12)10(13)14-8-15-11/h1,8H,3-7H2,(H2,13,14,15). The third kappa shape index (κ3) is 2.60. The number of nitrogen functional groups attached to an aromatic ring is 1. The first-order valence-electron chi connectivity index (χ1n) is 5.39. The molecule has 0 radical (unpaired) electrons. The van der Waals surface area contributed by atoms with E-state index in [0.29, 0.717) is 23.2 Å². The van der Waals surface area contributed by atoms with E-state index in [1.807, 2.05) is 0 Å². The lowest BCUT2D eigenvalue weighted by Crippen LogP contribution is -2.46. The molecule has 0 atom stereocenters. The van der Waals surface area contributed by atoms with Gasteiger partial charge in [-0.2, -0.15) is 0 Å². The lowest BCUT2D eigenvalue weighted by Gasteiger charge is -2.34. The van der Waals surface area contributed by atoms with E-state index >= 15 is 0 Å². The van der Waals surface area contributed by atoms with Gasteiger partial charge in [0, 0.05) is 26.2 Å². The maximum Gasteiger partial charge on any atom is 0.153 e. The average molecular weight is 252 g/mol. The lowest BCUT2D eigenvalue weighted by molar-refractivity contribution is 0.287. The van der Waals surface area contributed by atoms with Gasteiger partial charge in [-0.15, -0.1) is 6.42 Å². The van der Waals surface area contributed by atoms with Gasteiger partial charge in [0.1, 0.15) is 17.2 Å². The maximum absolute atomic E-state index is 6.09. The molecule has 1 aliphatic rings. The Kier molecular flexibility index (Phi) is 3.67. The van der Waals surface area contributed by atoms with E-state index in [1.54, 1.807) is 0 Å². The van der Waals surface area contributed by atoms with Gasteiger partial charge in [-0.05, 0) is 0 Å². The number of anilines is 2. The number of hydrogen-bond acceptors (Lipinski definition) is 5. The number of nitrogens with two attached hydrogens (primary N) is 1. The van der Waals surface area contributed by atoms with Crippen LogP contribution in [0.15, 0.2) is 6.33 Å². The van der Waals surface area contributed by atoms with Crippen molar-refractivity contribution < 1.29 is 0 Å². The summed E-state index contributed by atoms with van der Waals surface area (Å²) in [6, 6.07) is 0. The highest BCUT2D eigenvalue weighted by molar-refractivity contribution is 6.35. The molecule has 5 nitrogen and oxygen atoms in total. The summed E-state index contributed by atoms with van der Waals surface area (Å²) in [7, 11) is 0. The highest BCUT2D eigenvalue weighted by Crippen LogP contribution is 2.27. The van der Waals surface area contributed by atoms with Crippen LogP contribution in [0.1, 0.15) is 0 Å². The zero-order chi connectivity index (χ0) is 12.3. The van der Waals surface area contributed by atoms with Gasteiger partial charge in [0.15, 0.2) is 5.82 Å². The third-order valence-corrected chi connectivity index (χ3v) is 3.15. The molecule has 0 saturated carbocycles. The first-order valence-corrected chi connectivity index (χ1v) is 5.77. The molecule has 1 aromatic rings. The predicted molar refractivity (Wildman–Crippen MR) is 68.9 cm³/mol. The van der Waals surface area contributed by atoms with Crippen molar-refractivity contribution in [1.29, 1.82) is 0 Å². The molecule has 0 bridgehead atoms. The van der Waals surface area contributed by atoms with Crippen molar-refractivity contribution in [1.82, 2.24) is 14.9 Å². The summed E-state index contributed by atoms with van der Waals surface area (Å²) >= 11 is 6.09. The number of hydrogen-bond donors (Lipinski definition) is 1.